The second kappa shape index (κ2) is 6.22. The van der Waals surface area contributed by atoms with Gasteiger partial charge in [-0.3, -0.25) is 0 Å². The molecule has 2 rings (SSSR count). The van der Waals surface area contributed by atoms with E-state index in [0.29, 0.717) is 17.7 Å². The van der Waals surface area contributed by atoms with Crippen LogP contribution in [-0.4, -0.2) is 12.2 Å². The van der Waals surface area contributed by atoms with E-state index in [1.807, 2.05) is 18.0 Å². The van der Waals surface area contributed by atoms with E-state index in [1.165, 1.54) is 18.2 Å². The van der Waals surface area contributed by atoms with Crippen molar-refractivity contribution in [3.63, 3.8) is 0 Å². The Hall–Kier alpha value is -1.94. The van der Waals surface area contributed by atoms with Gasteiger partial charge >= 0.3 is 0 Å². The van der Waals surface area contributed by atoms with Gasteiger partial charge in [-0.2, -0.15) is 0 Å². The molecule has 2 nitrogen and oxygen atoms in total. The summed E-state index contributed by atoms with van der Waals surface area (Å²) in [5.74, 6) is -0.624. The maximum atomic E-state index is 13.7. The number of halogens is 2. The van der Waals surface area contributed by atoms with Crippen LogP contribution < -0.4 is 4.90 Å². The van der Waals surface area contributed by atoms with Crippen molar-refractivity contribution in [1.29, 1.82) is 0 Å². The van der Waals surface area contributed by atoms with E-state index in [2.05, 4.69) is 0 Å². The summed E-state index contributed by atoms with van der Waals surface area (Å²) in [4.78, 5) is 1.88. The van der Waals surface area contributed by atoms with Crippen LogP contribution in [0.5, 0.6) is 0 Å². The minimum atomic E-state index is -0.773. The zero-order chi connectivity index (χ0) is 15.6. The molecule has 0 unspecified atom stereocenters. The Morgan fingerprint density at radius 2 is 1.90 bits per heavy atom. The number of aliphatic hydroxyl groups excluding tert-OH is 1. The Bertz CT molecular complexity index is 641. The summed E-state index contributed by atoms with van der Waals surface area (Å²) in [7, 11) is 1.84. The third kappa shape index (κ3) is 3.58. The van der Waals surface area contributed by atoms with E-state index in [-0.39, 0.29) is 11.6 Å². The Morgan fingerprint density at radius 1 is 1.19 bits per heavy atom. The predicted octanol–water partition coefficient (Wildman–Crippen LogP) is 3.96. The molecule has 2 aromatic carbocycles. The van der Waals surface area contributed by atoms with Crippen LogP contribution in [0.15, 0.2) is 36.4 Å². The first-order valence-electron chi connectivity index (χ1n) is 6.82. The van der Waals surface area contributed by atoms with Gasteiger partial charge in [0.2, 0.25) is 0 Å². The molecular formula is C17H19F2NO. The summed E-state index contributed by atoms with van der Waals surface area (Å²) in [6.07, 6.45) is -0.773. The van der Waals surface area contributed by atoms with Crippen LogP contribution in [0.3, 0.4) is 0 Å². The van der Waals surface area contributed by atoms with Crippen molar-refractivity contribution in [3.05, 3.63) is 64.7 Å². The molecule has 0 saturated heterocycles. The molecule has 0 heterocycles. The second-order valence-electron chi connectivity index (χ2n) is 5.32. The summed E-state index contributed by atoms with van der Waals surface area (Å²) in [6.45, 7) is 3.76. The molecule has 0 spiro atoms. The molecule has 1 N–H and O–H groups in total. The molecular weight excluding hydrogens is 272 g/mol. The average Bonchev–Trinajstić information content (AvgIpc) is 2.41. The first-order chi connectivity index (χ1) is 9.88. The molecule has 2 aromatic rings. The first kappa shape index (κ1) is 15.4. The number of anilines is 1. The molecule has 112 valence electrons. The number of hydrogen-bond acceptors (Lipinski definition) is 2. The third-order valence-electron chi connectivity index (χ3n) is 3.48. The molecule has 0 aliphatic carbocycles. The highest BCUT2D eigenvalue weighted by Crippen LogP contribution is 2.29. The van der Waals surface area contributed by atoms with Gasteiger partial charge < -0.3 is 10.0 Å². The zero-order valence-electron chi connectivity index (χ0n) is 12.4. The highest BCUT2D eigenvalue weighted by atomic mass is 19.1. The fourth-order valence-corrected chi connectivity index (χ4v) is 2.34. The maximum Gasteiger partial charge on any atom is 0.126 e. The van der Waals surface area contributed by atoms with E-state index >= 15 is 0 Å². The average molecular weight is 291 g/mol. The van der Waals surface area contributed by atoms with E-state index in [4.69, 9.17) is 0 Å². The molecule has 0 amide bonds. The van der Waals surface area contributed by atoms with E-state index in [1.54, 1.807) is 26.0 Å². The van der Waals surface area contributed by atoms with E-state index in [0.717, 1.165) is 11.3 Å². The summed E-state index contributed by atoms with van der Waals surface area (Å²) < 4.78 is 26.9. The fraction of sp³-hybridized carbons (Fsp3) is 0.294. The van der Waals surface area contributed by atoms with Gasteiger partial charge in [0.05, 0.1) is 6.10 Å². The number of nitrogens with zero attached hydrogens (tertiary/aromatic N) is 1. The zero-order valence-corrected chi connectivity index (χ0v) is 12.4. The van der Waals surface area contributed by atoms with Crippen molar-refractivity contribution in [3.8, 4) is 0 Å². The lowest BCUT2D eigenvalue weighted by atomic mass is 10.0. The monoisotopic (exact) mass is 291 g/mol. The molecule has 0 radical (unpaired) electrons. The molecule has 0 aromatic heterocycles. The van der Waals surface area contributed by atoms with Gasteiger partial charge in [-0.05, 0) is 49.2 Å². The van der Waals surface area contributed by atoms with Gasteiger partial charge in [-0.15, -0.1) is 0 Å². The Morgan fingerprint density at radius 3 is 2.52 bits per heavy atom. The van der Waals surface area contributed by atoms with Crippen molar-refractivity contribution < 1.29 is 13.9 Å². The molecule has 0 aliphatic heterocycles. The van der Waals surface area contributed by atoms with Crippen LogP contribution >= 0.6 is 0 Å². The van der Waals surface area contributed by atoms with E-state index < -0.39 is 6.10 Å². The van der Waals surface area contributed by atoms with Crippen LogP contribution in [0.25, 0.3) is 0 Å². The second-order valence-corrected chi connectivity index (χ2v) is 5.32. The lowest BCUT2D eigenvalue weighted by molar-refractivity contribution is 0.199. The number of aryl methyl sites for hydroxylation is 1. The smallest absolute Gasteiger partial charge is 0.126 e. The summed E-state index contributed by atoms with van der Waals surface area (Å²) in [6, 6.07) is 9.41. The van der Waals surface area contributed by atoms with Gasteiger partial charge in [-0.25, -0.2) is 8.78 Å². The number of hydrogen-bond donors (Lipinski definition) is 1. The van der Waals surface area contributed by atoms with Gasteiger partial charge in [0.25, 0.3) is 0 Å². The van der Waals surface area contributed by atoms with Crippen LogP contribution in [-0.2, 0) is 6.54 Å². The molecule has 0 fully saturated rings. The summed E-state index contributed by atoms with van der Waals surface area (Å²) >= 11 is 0. The number of aliphatic hydroxyl groups is 1. The Kier molecular flexibility index (Phi) is 4.58. The van der Waals surface area contributed by atoms with Crippen LogP contribution in [0, 0.1) is 18.6 Å². The van der Waals surface area contributed by atoms with Crippen LogP contribution in [0.2, 0.25) is 0 Å². The van der Waals surface area contributed by atoms with Gasteiger partial charge in [-0.1, -0.05) is 12.1 Å². The maximum absolute atomic E-state index is 13.7. The van der Waals surface area contributed by atoms with Gasteiger partial charge in [0.1, 0.15) is 11.6 Å². The first-order valence-corrected chi connectivity index (χ1v) is 6.82. The lowest BCUT2D eigenvalue weighted by Gasteiger charge is -2.24. The number of benzene rings is 2. The van der Waals surface area contributed by atoms with Crippen molar-refractivity contribution in [2.45, 2.75) is 26.5 Å². The molecule has 21 heavy (non-hydrogen) atoms. The molecule has 0 bridgehead atoms. The standard InChI is InChI=1S/C17H19F2NO/c1-11-7-17(15(12(2)21)9-16(11)19)20(3)10-13-5-4-6-14(18)8-13/h4-9,12,21H,10H2,1-3H3/t12-/m1/s1. The lowest BCUT2D eigenvalue weighted by Crippen LogP contribution is -2.19. The molecule has 0 aliphatic rings. The normalized spacial score (nSPS) is 12.3. The molecule has 0 saturated carbocycles. The van der Waals surface area contributed by atoms with Crippen molar-refractivity contribution in [2.24, 2.45) is 0 Å². The summed E-state index contributed by atoms with van der Waals surface area (Å²) in [5, 5.41) is 9.83. The minimum Gasteiger partial charge on any atom is -0.389 e. The highest BCUT2D eigenvalue weighted by Gasteiger charge is 2.15. The Labute approximate surface area is 123 Å². The quantitative estimate of drug-likeness (QED) is 0.921. The third-order valence-corrected chi connectivity index (χ3v) is 3.48. The predicted molar refractivity (Wildman–Crippen MR) is 80.3 cm³/mol. The van der Waals surface area contributed by atoms with Gasteiger partial charge in [0, 0.05) is 24.8 Å². The molecule has 4 heteroatoms. The fourth-order valence-electron chi connectivity index (χ4n) is 2.34. The van der Waals surface area contributed by atoms with Crippen LogP contribution in [0.4, 0.5) is 14.5 Å². The summed E-state index contributed by atoms with van der Waals surface area (Å²) in [5.41, 5.74) is 2.60. The van der Waals surface area contributed by atoms with Crippen molar-refractivity contribution in [1.82, 2.24) is 0 Å². The largest absolute Gasteiger partial charge is 0.389 e. The number of rotatable bonds is 4. The topological polar surface area (TPSA) is 23.5 Å². The van der Waals surface area contributed by atoms with Gasteiger partial charge in [0.15, 0.2) is 0 Å². The Balaban J connectivity index is 2.34. The minimum absolute atomic E-state index is 0.285. The molecule has 1 atom stereocenters. The van der Waals surface area contributed by atoms with E-state index in [9.17, 15) is 13.9 Å². The van der Waals surface area contributed by atoms with Crippen LogP contribution in [0.1, 0.15) is 29.7 Å². The SMILES string of the molecule is Cc1cc(N(C)Cc2cccc(F)c2)c([C@@H](C)O)cc1F. The van der Waals surface area contributed by atoms with Crippen molar-refractivity contribution >= 4 is 5.69 Å². The van der Waals surface area contributed by atoms with Crippen molar-refractivity contribution in [2.75, 3.05) is 11.9 Å². The highest BCUT2D eigenvalue weighted by molar-refractivity contribution is 5.56.